The third-order valence-electron chi connectivity index (χ3n) is 3.09. The molecular weight excluding hydrogens is 176 g/mol. The standard InChI is InChI=1S/C11H18N2O/c1-9-6-7-13(12-9)8-11(14)10-4-2-3-5-10/h6-7,10-11,14H,2-5,8H2,1H3. The van der Waals surface area contributed by atoms with Gasteiger partial charge in [-0.25, -0.2) is 0 Å². The second-order valence-electron chi connectivity index (χ2n) is 4.29. The maximum Gasteiger partial charge on any atom is 0.0764 e. The van der Waals surface area contributed by atoms with Crippen LogP contribution in [-0.2, 0) is 6.54 Å². The van der Waals surface area contributed by atoms with Crippen LogP contribution in [0.2, 0.25) is 0 Å². The zero-order valence-corrected chi connectivity index (χ0v) is 8.69. The predicted octanol–water partition coefficient (Wildman–Crippen LogP) is 1.74. The number of aromatic nitrogens is 2. The zero-order valence-electron chi connectivity index (χ0n) is 8.69. The fourth-order valence-electron chi connectivity index (χ4n) is 2.25. The Morgan fingerprint density at radius 1 is 1.57 bits per heavy atom. The first kappa shape index (κ1) is 9.71. The van der Waals surface area contributed by atoms with E-state index in [9.17, 15) is 5.11 Å². The van der Waals surface area contributed by atoms with Crippen LogP contribution in [0.5, 0.6) is 0 Å². The summed E-state index contributed by atoms with van der Waals surface area (Å²) in [6.45, 7) is 2.62. The number of hydrogen-bond acceptors (Lipinski definition) is 2. The lowest BCUT2D eigenvalue weighted by Gasteiger charge is -2.17. The van der Waals surface area contributed by atoms with E-state index in [0.29, 0.717) is 12.5 Å². The molecule has 1 unspecified atom stereocenters. The van der Waals surface area contributed by atoms with Crippen molar-refractivity contribution in [1.29, 1.82) is 0 Å². The Hall–Kier alpha value is -0.830. The maximum atomic E-state index is 9.95. The lowest BCUT2D eigenvalue weighted by molar-refractivity contribution is 0.0893. The molecule has 0 saturated heterocycles. The highest BCUT2D eigenvalue weighted by Crippen LogP contribution is 2.28. The molecule has 1 N–H and O–H groups in total. The molecule has 0 amide bonds. The van der Waals surface area contributed by atoms with E-state index < -0.39 is 0 Å². The van der Waals surface area contributed by atoms with Crippen LogP contribution < -0.4 is 0 Å². The summed E-state index contributed by atoms with van der Waals surface area (Å²) in [5.41, 5.74) is 1.02. The highest BCUT2D eigenvalue weighted by atomic mass is 16.3. The molecule has 0 aromatic carbocycles. The van der Waals surface area contributed by atoms with Gasteiger partial charge in [0.15, 0.2) is 0 Å². The molecule has 1 aliphatic carbocycles. The fraction of sp³-hybridized carbons (Fsp3) is 0.727. The SMILES string of the molecule is Cc1ccn(CC(O)C2CCCC2)n1. The zero-order chi connectivity index (χ0) is 9.97. The number of aryl methyl sites for hydroxylation is 1. The Morgan fingerprint density at radius 2 is 2.29 bits per heavy atom. The molecule has 0 bridgehead atoms. The summed E-state index contributed by atoms with van der Waals surface area (Å²) in [6, 6.07) is 1.97. The van der Waals surface area contributed by atoms with Crippen LogP contribution in [0.15, 0.2) is 12.3 Å². The Bertz CT molecular complexity index is 289. The van der Waals surface area contributed by atoms with Crippen LogP contribution >= 0.6 is 0 Å². The lowest BCUT2D eigenvalue weighted by Crippen LogP contribution is -2.24. The molecule has 14 heavy (non-hydrogen) atoms. The van der Waals surface area contributed by atoms with E-state index in [1.54, 1.807) is 0 Å². The van der Waals surface area contributed by atoms with Gasteiger partial charge in [0, 0.05) is 6.20 Å². The highest BCUT2D eigenvalue weighted by molar-refractivity contribution is 4.95. The largest absolute Gasteiger partial charge is 0.391 e. The number of aliphatic hydroxyl groups excluding tert-OH is 1. The fourth-order valence-corrected chi connectivity index (χ4v) is 2.25. The second-order valence-corrected chi connectivity index (χ2v) is 4.29. The van der Waals surface area contributed by atoms with Gasteiger partial charge in [-0.1, -0.05) is 12.8 Å². The Kier molecular flexibility index (Phi) is 2.87. The second kappa shape index (κ2) is 4.13. The summed E-state index contributed by atoms with van der Waals surface area (Å²) < 4.78 is 1.85. The molecule has 0 radical (unpaired) electrons. The molecule has 1 aliphatic rings. The van der Waals surface area contributed by atoms with Crippen molar-refractivity contribution < 1.29 is 5.11 Å². The molecule has 0 aliphatic heterocycles. The van der Waals surface area contributed by atoms with Crippen molar-refractivity contribution >= 4 is 0 Å². The van der Waals surface area contributed by atoms with Gasteiger partial charge in [0.05, 0.1) is 18.3 Å². The molecule has 1 saturated carbocycles. The topological polar surface area (TPSA) is 38.0 Å². The van der Waals surface area contributed by atoms with Crippen LogP contribution in [0.25, 0.3) is 0 Å². The average molecular weight is 194 g/mol. The molecule has 3 heteroatoms. The van der Waals surface area contributed by atoms with E-state index in [1.165, 1.54) is 25.7 Å². The van der Waals surface area contributed by atoms with Crippen molar-refractivity contribution in [2.24, 2.45) is 5.92 Å². The van der Waals surface area contributed by atoms with E-state index in [2.05, 4.69) is 5.10 Å². The van der Waals surface area contributed by atoms with Crippen molar-refractivity contribution in [3.8, 4) is 0 Å². The van der Waals surface area contributed by atoms with Crippen molar-refractivity contribution in [2.45, 2.75) is 45.3 Å². The molecule has 78 valence electrons. The smallest absolute Gasteiger partial charge is 0.0764 e. The minimum atomic E-state index is -0.211. The minimum Gasteiger partial charge on any atom is -0.391 e. The third kappa shape index (κ3) is 2.15. The third-order valence-corrected chi connectivity index (χ3v) is 3.09. The summed E-state index contributed by atoms with van der Waals surface area (Å²) in [4.78, 5) is 0. The lowest BCUT2D eigenvalue weighted by atomic mass is 10.0. The molecule has 3 nitrogen and oxygen atoms in total. The van der Waals surface area contributed by atoms with E-state index in [1.807, 2.05) is 23.9 Å². The van der Waals surface area contributed by atoms with Crippen molar-refractivity contribution in [3.63, 3.8) is 0 Å². The predicted molar refractivity (Wildman–Crippen MR) is 54.9 cm³/mol. The van der Waals surface area contributed by atoms with E-state index in [0.717, 1.165) is 5.69 Å². The Balaban J connectivity index is 1.90. The molecule has 1 aromatic rings. The number of aliphatic hydroxyl groups is 1. The van der Waals surface area contributed by atoms with E-state index in [4.69, 9.17) is 0 Å². The van der Waals surface area contributed by atoms with Crippen LogP contribution in [0.1, 0.15) is 31.4 Å². The summed E-state index contributed by atoms with van der Waals surface area (Å²) in [5, 5.41) is 14.2. The van der Waals surface area contributed by atoms with Gasteiger partial charge in [-0.3, -0.25) is 4.68 Å². The van der Waals surface area contributed by atoms with Crippen LogP contribution in [0, 0.1) is 12.8 Å². The number of nitrogens with zero attached hydrogens (tertiary/aromatic N) is 2. The van der Waals surface area contributed by atoms with Crippen LogP contribution in [-0.4, -0.2) is 21.0 Å². The Morgan fingerprint density at radius 3 is 2.86 bits per heavy atom. The number of hydrogen-bond donors (Lipinski definition) is 1. The van der Waals surface area contributed by atoms with Gasteiger partial charge in [0.1, 0.15) is 0 Å². The summed E-state index contributed by atoms with van der Waals surface area (Å²) in [6.07, 6.45) is 6.65. The van der Waals surface area contributed by atoms with Gasteiger partial charge in [0.2, 0.25) is 0 Å². The monoisotopic (exact) mass is 194 g/mol. The van der Waals surface area contributed by atoms with Gasteiger partial charge >= 0.3 is 0 Å². The van der Waals surface area contributed by atoms with Crippen LogP contribution in [0.4, 0.5) is 0 Å². The van der Waals surface area contributed by atoms with E-state index >= 15 is 0 Å². The summed E-state index contributed by atoms with van der Waals surface area (Å²) in [7, 11) is 0. The van der Waals surface area contributed by atoms with Gasteiger partial charge in [-0.15, -0.1) is 0 Å². The Labute approximate surface area is 84.7 Å². The molecule has 0 spiro atoms. The van der Waals surface area contributed by atoms with Gasteiger partial charge < -0.3 is 5.11 Å². The van der Waals surface area contributed by atoms with E-state index in [-0.39, 0.29) is 6.10 Å². The minimum absolute atomic E-state index is 0.211. The van der Waals surface area contributed by atoms with Gasteiger partial charge in [0.25, 0.3) is 0 Å². The summed E-state index contributed by atoms with van der Waals surface area (Å²) in [5.74, 6) is 0.500. The quantitative estimate of drug-likeness (QED) is 0.796. The summed E-state index contributed by atoms with van der Waals surface area (Å²) >= 11 is 0. The molecular formula is C11H18N2O. The highest BCUT2D eigenvalue weighted by Gasteiger charge is 2.23. The molecule has 2 rings (SSSR count). The molecule has 1 aromatic heterocycles. The molecule has 1 atom stereocenters. The number of rotatable bonds is 3. The normalized spacial score (nSPS) is 20.1. The first-order valence-corrected chi connectivity index (χ1v) is 5.44. The molecule has 1 fully saturated rings. The van der Waals surface area contributed by atoms with Crippen molar-refractivity contribution in [2.75, 3.05) is 0 Å². The van der Waals surface area contributed by atoms with Crippen molar-refractivity contribution in [3.05, 3.63) is 18.0 Å². The molecule has 1 heterocycles. The van der Waals surface area contributed by atoms with Gasteiger partial charge in [-0.2, -0.15) is 5.10 Å². The maximum absolute atomic E-state index is 9.95. The average Bonchev–Trinajstić information content (AvgIpc) is 2.75. The van der Waals surface area contributed by atoms with Crippen molar-refractivity contribution in [1.82, 2.24) is 9.78 Å². The van der Waals surface area contributed by atoms with Crippen LogP contribution in [0.3, 0.4) is 0 Å². The first-order valence-electron chi connectivity index (χ1n) is 5.44. The van der Waals surface area contributed by atoms with Gasteiger partial charge in [-0.05, 0) is 31.7 Å². The first-order chi connectivity index (χ1) is 6.75.